The Labute approximate surface area is 104 Å². The quantitative estimate of drug-likeness (QED) is 0.819. The molecule has 0 aliphatic carbocycles. The molecular formula is C15H20NP. The predicted molar refractivity (Wildman–Crippen MR) is 80.3 cm³/mol. The van der Waals surface area contributed by atoms with E-state index in [0.29, 0.717) is 0 Å². The number of rotatable bonds is 4. The summed E-state index contributed by atoms with van der Waals surface area (Å²) >= 11 is 0. The van der Waals surface area contributed by atoms with Crippen LogP contribution in [0.25, 0.3) is 0 Å². The van der Waals surface area contributed by atoms with Gasteiger partial charge in [0.2, 0.25) is 0 Å². The Balaban J connectivity index is 2.47. The van der Waals surface area contributed by atoms with Gasteiger partial charge in [-0.25, -0.2) is 0 Å². The fraction of sp³-hybridized carbons (Fsp3) is 0.200. The zero-order chi connectivity index (χ0) is 12.1. The fourth-order valence-corrected chi connectivity index (χ4v) is 5.70. The molecule has 0 heterocycles. The second kappa shape index (κ2) is 5.44. The predicted octanol–water partition coefficient (Wildman–Crippen LogP) is 1.98. The van der Waals surface area contributed by atoms with Crippen LogP contribution in [0, 0.1) is 0 Å². The van der Waals surface area contributed by atoms with Crippen molar-refractivity contribution in [2.24, 2.45) is 5.73 Å². The molecule has 2 heteroatoms. The summed E-state index contributed by atoms with van der Waals surface area (Å²) in [6, 6.07) is 21.6. The van der Waals surface area contributed by atoms with Crippen molar-refractivity contribution in [1.29, 1.82) is 0 Å². The maximum atomic E-state index is 5.82. The van der Waals surface area contributed by atoms with Gasteiger partial charge in [0.25, 0.3) is 0 Å². The van der Waals surface area contributed by atoms with Crippen LogP contribution in [0.3, 0.4) is 0 Å². The van der Waals surface area contributed by atoms with Crippen molar-refractivity contribution in [2.45, 2.75) is 0 Å². The molecule has 90 valence electrons. The van der Waals surface area contributed by atoms with Gasteiger partial charge in [-0.15, -0.1) is 0 Å². The third-order valence-corrected chi connectivity index (χ3v) is 7.97. The molecule has 2 rings (SSSR count). The SMILES string of the molecule is C[PH](CCN)(c1ccccc1)c1ccccc1. The van der Waals surface area contributed by atoms with E-state index in [2.05, 4.69) is 67.3 Å². The van der Waals surface area contributed by atoms with E-state index in [9.17, 15) is 0 Å². The van der Waals surface area contributed by atoms with Crippen LogP contribution in [0.15, 0.2) is 60.7 Å². The minimum atomic E-state index is -1.63. The van der Waals surface area contributed by atoms with E-state index in [1.807, 2.05) is 0 Å². The van der Waals surface area contributed by atoms with E-state index >= 15 is 0 Å². The number of nitrogens with two attached hydrogens (primary N) is 1. The van der Waals surface area contributed by atoms with Gasteiger partial charge in [-0.2, -0.15) is 0 Å². The average molecular weight is 245 g/mol. The first-order valence-electron chi connectivity index (χ1n) is 6.08. The Morgan fingerprint density at radius 2 is 1.24 bits per heavy atom. The van der Waals surface area contributed by atoms with Crippen LogP contribution < -0.4 is 16.3 Å². The van der Waals surface area contributed by atoms with E-state index in [1.165, 1.54) is 10.6 Å². The summed E-state index contributed by atoms with van der Waals surface area (Å²) in [6.45, 7) is 3.16. The zero-order valence-electron chi connectivity index (χ0n) is 10.3. The molecule has 0 saturated heterocycles. The van der Waals surface area contributed by atoms with Gasteiger partial charge in [0.1, 0.15) is 0 Å². The van der Waals surface area contributed by atoms with Crippen LogP contribution in [0.4, 0.5) is 0 Å². The van der Waals surface area contributed by atoms with Gasteiger partial charge in [-0.05, 0) is 0 Å². The minimum absolute atomic E-state index is 0.756. The molecule has 0 spiro atoms. The van der Waals surface area contributed by atoms with E-state index in [0.717, 1.165) is 12.7 Å². The Morgan fingerprint density at radius 1 is 0.824 bits per heavy atom. The molecule has 0 aromatic heterocycles. The second-order valence-electron chi connectivity index (χ2n) is 4.60. The van der Waals surface area contributed by atoms with Crippen molar-refractivity contribution in [3.05, 3.63) is 60.7 Å². The van der Waals surface area contributed by atoms with Crippen molar-refractivity contribution in [2.75, 3.05) is 19.4 Å². The molecule has 1 nitrogen and oxygen atoms in total. The molecule has 0 unspecified atom stereocenters. The third kappa shape index (κ3) is 2.57. The van der Waals surface area contributed by atoms with Crippen molar-refractivity contribution < 1.29 is 0 Å². The van der Waals surface area contributed by atoms with E-state index in [-0.39, 0.29) is 0 Å². The molecule has 17 heavy (non-hydrogen) atoms. The van der Waals surface area contributed by atoms with Gasteiger partial charge in [0.05, 0.1) is 0 Å². The zero-order valence-corrected chi connectivity index (χ0v) is 11.3. The van der Waals surface area contributed by atoms with Crippen LogP contribution in [0.5, 0.6) is 0 Å². The van der Waals surface area contributed by atoms with E-state index in [1.54, 1.807) is 0 Å². The molecule has 0 amide bonds. The molecule has 0 bridgehead atoms. The Morgan fingerprint density at radius 3 is 1.59 bits per heavy atom. The summed E-state index contributed by atoms with van der Waals surface area (Å²) in [5, 5.41) is 2.94. The standard InChI is InChI=1S/C15H20NP/c1-17(13-12-16,14-8-4-2-5-9-14)15-10-6-3-7-11-15/h2-11,17H,12-13,16H2,1H3. The molecule has 0 atom stereocenters. The second-order valence-corrected chi connectivity index (χ2v) is 8.92. The first-order valence-corrected chi connectivity index (χ1v) is 8.79. The first kappa shape index (κ1) is 12.3. The molecule has 2 aromatic carbocycles. The molecule has 0 aliphatic heterocycles. The van der Waals surface area contributed by atoms with Crippen molar-refractivity contribution >= 4 is 17.9 Å². The normalized spacial score (nSPS) is 12.4. The number of hydrogen-bond acceptors (Lipinski definition) is 1. The summed E-state index contributed by atoms with van der Waals surface area (Å²) in [6.07, 6.45) is 1.10. The van der Waals surface area contributed by atoms with Gasteiger partial charge in [0, 0.05) is 0 Å². The summed E-state index contributed by atoms with van der Waals surface area (Å²) in [7, 11) is -1.63. The molecule has 2 aromatic rings. The van der Waals surface area contributed by atoms with Crippen LogP contribution in [0.1, 0.15) is 0 Å². The molecular weight excluding hydrogens is 225 g/mol. The Kier molecular flexibility index (Phi) is 3.93. The summed E-state index contributed by atoms with van der Waals surface area (Å²) in [4.78, 5) is 0. The Hall–Kier alpha value is -1.17. The Bertz CT molecular complexity index is 413. The number of hydrogen-bond donors (Lipinski definition) is 1. The molecule has 0 radical (unpaired) electrons. The molecule has 0 aliphatic rings. The van der Waals surface area contributed by atoms with Crippen LogP contribution in [-0.4, -0.2) is 19.4 Å². The maximum absolute atomic E-state index is 5.82. The van der Waals surface area contributed by atoms with Crippen LogP contribution >= 0.6 is 7.26 Å². The summed E-state index contributed by atoms with van der Waals surface area (Å²) in [5.74, 6) is 0. The fourth-order valence-electron chi connectivity index (χ4n) is 2.36. The molecule has 0 saturated carbocycles. The average Bonchev–Trinajstić information content (AvgIpc) is 2.41. The topological polar surface area (TPSA) is 26.0 Å². The van der Waals surface area contributed by atoms with Gasteiger partial charge >= 0.3 is 104 Å². The molecule has 2 N–H and O–H groups in total. The van der Waals surface area contributed by atoms with Gasteiger partial charge in [0.15, 0.2) is 0 Å². The van der Waals surface area contributed by atoms with Gasteiger partial charge < -0.3 is 0 Å². The van der Waals surface area contributed by atoms with Crippen molar-refractivity contribution in [3.63, 3.8) is 0 Å². The van der Waals surface area contributed by atoms with E-state index < -0.39 is 7.26 Å². The third-order valence-electron chi connectivity index (χ3n) is 3.47. The number of benzene rings is 2. The van der Waals surface area contributed by atoms with Crippen molar-refractivity contribution in [3.8, 4) is 0 Å². The van der Waals surface area contributed by atoms with Gasteiger partial charge in [-0.1, -0.05) is 0 Å². The van der Waals surface area contributed by atoms with E-state index in [4.69, 9.17) is 5.73 Å². The summed E-state index contributed by atoms with van der Waals surface area (Å²) in [5.41, 5.74) is 5.82. The monoisotopic (exact) mass is 245 g/mol. The van der Waals surface area contributed by atoms with Crippen LogP contribution in [-0.2, 0) is 0 Å². The van der Waals surface area contributed by atoms with Crippen LogP contribution in [0.2, 0.25) is 0 Å². The van der Waals surface area contributed by atoms with Gasteiger partial charge in [-0.3, -0.25) is 0 Å². The summed E-state index contributed by atoms with van der Waals surface area (Å²) < 4.78 is 0. The molecule has 0 fully saturated rings. The first-order chi connectivity index (χ1) is 8.27. The van der Waals surface area contributed by atoms with Crippen molar-refractivity contribution in [1.82, 2.24) is 0 Å².